The van der Waals surface area contributed by atoms with Crippen LogP contribution in [-0.2, 0) is 11.2 Å². The number of hydrogen-bond donors (Lipinski definition) is 1. The fraction of sp³-hybridized carbons (Fsp3) is 0.182. The van der Waals surface area contributed by atoms with Crippen molar-refractivity contribution >= 4 is 12.3 Å². The van der Waals surface area contributed by atoms with Gasteiger partial charge in [0.1, 0.15) is 5.75 Å². The summed E-state index contributed by atoms with van der Waals surface area (Å²) in [5.41, 5.74) is -0.294. The van der Waals surface area contributed by atoms with Crippen LogP contribution in [0.4, 0.5) is 8.78 Å². The number of halogens is 2. The lowest BCUT2D eigenvalue weighted by Crippen LogP contribution is -2.08. The Labute approximate surface area is 100 Å². The van der Waals surface area contributed by atoms with Gasteiger partial charge in [0.2, 0.25) is 0 Å². The number of rotatable bonds is 5. The quantitative estimate of drug-likeness (QED) is 0.807. The molecule has 1 aromatic rings. The summed E-state index contributed by atoms with van der Waals surface area (Å²) in [4.78, 5) is 21.2. The molecule has 0 amide bonds. The first-order chi connectivity index (χ1) is 8.47. The van der Waals surface area contributed by atoms with E-state index in [1.807, 2.05) is 0 Å². The van der Waals surface area contributed by atoms with Gasteiger partial charge in [-0.2, -0.15) is 14.0 Å². The molecular weight excluding hydrogens is 248 g/mol. The Morgan fingerprint density at radius 2 is 2.22 bits per heavy atom. The zero-order valence-corrected chi connectivity index (χ0v) is 8.89. The van der Waals surface area contributed by atoms with Crippen LogP contribution in [0.15, 0.2) is 12.1 Å². The van der Waals surface area contributed by atoms with Crippen molar-refractivity contribution in [3.8, 4) is 11.8 Å². The Balaban J connectivity index is 3.28. The molecule has 0 radical (unpaired) electrons. The third-order valence-corrected chi connectivity index (χ3v) is 2.04. The first kappa shape index (κ1) is 13.6. The van der Waals surface area contributed by atoms with E-state index in [9.17, 15) is 18.4 Å². The van der Waals surface area contributed by atoms with Gasteiger partial charge in [-0.25, -0.2) is 0 Å². The van der Waals surface area contributed by atoms with Crippen molar-refractivity contribution in [3.63, 3.8) is 0 Å². The van der Waals surface area contributed by atoms with Gasteiger partial charge < -0.3 is 9.84 Å². The number of ether oxygens (including phenoxy) is 1. The molecule has 0 heterocycles. The van der Waals surface area contributed by atoms with Gasteiger partial charge in [-0.15, -0.1) is 0 Å². The van der Waals surface area contributed by atoms with E-state index in [4.69, 9.17) is 10.4 Å². The lowest BCUT2D eigenvalue weighted by molar-refractivity contribution is -0.136. The van der Waals surface area contributed by atoms with Gasteiger partial charge in [-0.1, -0.05) is 0 Å². The zero-order chi connectivity index (χ0) is 13.7. The molecule has 5 nitrogen and oxygen atoms in total. The number of benzene rings is 1. The number of nitrogens with zero attached hydrogens (tertiary/aromatic N) is 1. The standard InChI is InChI=1S/C11H7F2NO4/c12-11(13)18-9-2-7(4-14)6(3-10(16)17)1-8(9)5-15/h1-2,5,11H,3H2,(H,16,17). The van der Waals surface area contributed by atoms with E-state index >= 15 is 0 Å². The van der Waals surface area contributed by atoms with Gasteiger partial charge in [-0.05, 0) is 17.7 Å². The van der Waals surface area contributed by atoms with Crippen molar-refractivity contribution < 1.29 is 28.2 Å². The van der Waals surface area contributed by atoms with E-state index in [1.165, 1.54) is 0 Å². The van der Waals surface area contributed by atoms with Crippen molar-refractivity contribution in [1.82, 2.24) is 0 Å². The maximum Gasteiger partial charge on any atom is 0.387 e. The third-order valence-electron chi connectivity index (χ3n) is 2.04. The van der Waals surface area contributed by atoms with Crippen LogP contribution in [0.5, 0.6) is 5.75 Å². The normalized spacial score (nSPS) is 9.89. The highest BCUT2D eigenvalue weighted by Gasteiger charge is 2.15. The molecule has 7 heteroatoms. The van der Waals surface area contributed by atoms with Crippen LogP contribution in [0, 0.1) is 11.3 Å². The fourth-order valence-corrected chi connectivity index (χ4v) is 1.35. The van der Waals surface area contributed by atoms with Gasteiger partial charge in [0.05, 0.1) is 23.6 Å². The monoisotopic (exact) mass is 255 g/mol. The molecule has 1 N–H and O–H groups in total. The summed E-state index contributed by atoms with van der Waals surface area (Å²) >= 11 is 0. The predicted octanol–water partition coefficient (Wildman–Crippen LogP) is 1.60. The van der Waals surface area contributed by atoms with Crippen molar-refractivity contribution in [1.29, 1.82) is 5.26 Å². The largest absolute Gasteiger partial charge is 0.481 e. The molecule has 0 atom stereocenters. The number of nitriles is 1. The molecule has 0 aliphatic heterocycles. The maximum absolute atomic E-state index is 12.1. The van der Waals surface area contributed by atoms with E-state index in [-0.39, 0.29) is 23.0 Å². The Bertz CT molecular complexity index is 523. The number of hydrogen-bond acceptors (Lipinski definition) is 4. The molecule has 94 valence electrons. The Morgan fingerprint density at radius 1 is 1.56 bits per heavy atom. The summed E-state index contributed by atoms with van der Waals surface area (Å²) in [6, 6.07) is 3.64. The number of carbonyl (C=O) groups is 2. The molecule has 1 rings (SSSR count). The van der Waals surface area contributed by atoms with E-state index in [2.05, 4.69) is 4.74 Å². The number of aliphatic carboxylic acids is 1. The molecule has 0 fully saturated rings. The highest BCUT2D eigenvalue weighted by molar-refractivity contribution is 5.82. The smallest absolute Gasteiger partial charge is 0.387 e. The summed E-state index contributed by atoms with van der Waals surface area (Å²) in [5.74, 6) is -1.66. The SMILES string of the molecule is N#Cc1cc(OC(F)F)c(C=O)cc1CC(=O)O. The van der Waals surface area contributed by atoms with Crippen molar-refractivity contribution in [3.05, 3.63) is 28.8 Å². The summed E-state index contributed by atoms with van der Waals surface area (Å²) in [6.07, 6.45) is -0.233. The molecule has 0 aromatic heterocycles. The van der Waals surface area contributed by atoms with Crippen LogP contribution in [0.1, 0.15) is 21.5 Å². The van der Waals surface area contributed by atoms with Crippen molar-refractivity contribution in [2.45, 2.75) is 13.0 Å². The topological polar surface area (TPSA) is 87.4 Å². The van der Waals surface area contributed by atoms with Gasteiger partial charge in [0.15, 0.2) is 6.29 Å². The average Bonchev–Trinajstić information content (AvgIpc) is 2.29. The molecule has 0 aliphatic rings. The fourth-order valence-electron chi connectivity index (χ4n) is 1.35. The molecule has 0 saturated heterocycles. The van der Waals surface area contributed by atoms with Gasteiger partial charge in [-0.3, -0.25) is 9.59 Å². The Kier molecular flexibility index (Phi) is 4.32. The van der Waals surface area contributed by atoms with Crippen LogP contribution in [0.2, 0.25) is 0 Å². The van der Waals surface area contributed by atoms with Crippen molar-refractivity contribution in [2.24, 2.45) is 0 Å². The van der Waals surface area contributed by atoms with Crippen molar-refractivity contribution in [2.75, 3.05) is 0 Å². The molecule has 0 unspecified atom stereocenters. The summed E-state index contributed by atoms with van der Waals surface area (Å²) in [7, 11) is 0. The minimum atomic E-state index is -3.14. The second-order valence-corrected chi connectivity index (χ2v) is 3.23. The molecule has 18 heavy (non-hydrogen) atoms. The maximum atomic E-state index is 12.1. The molecule has 0 bridgehead atoms. The van der Waals surface area contributed by atoms with Crippen LogP contribution >= 0.6 is 0 Å². The van der Waals surface area contributed by atoms with Crippen LogP contribution in [0.3, 0.4) is 0 Å². The predicted molar refractivity (Wildman–Crippen MR) is 54.5 cm³/mol. The zero-order valence-electron chi connectivity index (χ0n) is 8.89. The number of aldehydes is 1. The Morgan fingerprint density at radius 3 is 2.67 bits per heavy atom. The first-order valence-corrected chi connectivity index (χ1v) is 4.66. The number of carbonyl (C=O) groups excluding carboxylic acids is 1. The van der Waals surface area contributed by atoms with Crippen LogP contribution < -0.4 is 4.74 Å². The minimum absolute atomic E-state index is 0.0636. The highest BCUT2D eigenvalue weighted by Crippen LogP contribution is 2.24. The summed E-state index contributed by atoms with van der Waals surface area (Å²) in [6.45, 7) is -3.14. The number of carboxylic acid groups (broad SMARTS) is 1. The van der Waals surface area contributed by atoms with Gasteiger partial charge in [0.25, 0.3) is 0 Å². The minimum Gasteiger partial charge on any atom is -0.481 e. The van der Waals surface area contributed by atoms with E-state index < -0.39 is 24.8 Å². The molecule has 0 aliphatic carbocycles. The van der Waals surface area contributed by atoms with E-state index in [0.29, 0.717) is 0 Å². The number of carboxylic acids is 1. The lowest BCUT2D eigenvalue weighted by atomic mass is 10.0. The molecular formula is C11H7F2NO4. The summed E-state index contributed by atoms with van der Waals surface area (Å²) in [5, 5.41) is 17.4. The first-order valence-electron chi connectivity index (χ1n) is 4.66. The van der Waals surface area contributed by atoms with Crippen LogP contribution in [-0.4, -0.2) is 24.0 Å². The van der Waals surface area contributed by atoms with Gasteiger partial charge >= 0.3 is 12.6 Å². The highest BCUT2D eigenvalue weighted by atomic mass is 19.3. The molecule has 1 aromatic carbocycles. The van der Waals surface area contributed by atoms with Gasteiger partial charge in [0, 0.05) is 0 Å². The molecule has 0 spiro atoms. The molecule has 0 saturated carbocycles. The average molecular weight is 255 g/mol. The van der Waals surface area contributed by atoms with Crippen LogP contribution in [0.25, 0.3) is 0 Å². The van der Waals surface area contributed by atoms with E-state index in [1.54, 1.807) is 6.07 Å². The second kappa shape index (κ2) is 5.72. The number of alkyl halides is 2. The van der Waals surface area contributed by atoms with E-state index in [0.717, 1.165) is 12.1 Å². The lowest BCUT2D eigenvalue weighted by Gasteiger charge is -2.09. The Hall–Kier alpha value is -2.49. The third kappa shape index (κ3) is 3.25. The second-order valence-electron chi connectivity index (χ2n) is 3.23. The summed E-state index contributed by atoms with van der Waals surface area (Å²) < 4.78 is 28.2.